The predicted molar refractivity (Wildman–Crippen MR) is 87.6 cm³/mol. The summed E-state index contributed by atoms with van der Waals surface area (Å²) >= 11 is 1.43. The number of thiazole rings is 1. The molecule has 6 nitrogen and oxygen atoms in total. The van der Waals surface area contributed by atoms with Crippen LogP contribution in [0.2, 0.25) is 0 Å². The summed E-state index contributed by atoms with van der Waals surface area (Å²) in [7, 11) is 0. The summed E-state index contributed by atoms with van der Waals surface area (Å²) in [6.07, 6.45) is 5.28. The van der Waals surface area contributed by atoms with E-state index in [2.05, 4.69) is 25.3 Å². The lowest BCUT2D eigenvalue weighted by atomic mass is 10.2. The predicted octanol–water partition coefficient (Wildman–Crippen LogP) is 2.42. The molecule has 0 aromatic carbocycles. The van der Waals surface area contributed by atoms with Gasteiger partial charge in [0.2, 0.25) is 5.91 Å². The maximum atomic E-state index is 12.1. The van der Waals surface area contributed by atoms with E-state index >= 15 is 0 Å². The van der Waals surface area contributed by atoms with Crippen molar-refractivity contribution in [2.45, 2.75) is 19.4 Å². The minimum atomic E-state index is -0.140. The number of rotatable bonds is 5. The van der Waals surface area contributed by atoms with E-state index < -0.39 is 0 Å². The van der Waals surface area contributed by atoms with Gasteiger partial charge in [0.1, 0.15) is 0 Å². The quantitative estimate of drug-likeness (QED) is 0.779. The van der Waals surface area contributed by atoms with Crippen LogP contribution in [-0.4, -0.2) is 25.8 Å². The Labute approximate surface area is 137 Å². The molecule has 1 amide bonds. The molecule has 7 heteroatoms. The van der Waals surface area contributed by atoms with Gasteiger partial charge in [-0.1, -0.05) is 6.07 Å². The van der Waals surface area contributed by atoms with E-state index in [0.717, 1.165) is 5.69 Å². The Kier molecular flexibility index (Phi) is 4.68. The first kappa shape index (κ1) is 15.2. The fourth-order valence-corrected chi connectivity index (χ4v) is 2.83. The van der Waals surface area contributed by atoms with E-state index in [0.29, 0.717) is 16.5 Å². The molecule has 0 bridgehead atoms. The molecule has 0 saturated heterocycles. The largest absolute Gasteiger partial charge is 0.348 e. The summed E-state index contributed by atoms with van der Waals surface area (Å²) in [5.74, 6) is 0.486. The first-order valence-corrected chi connectivity index (χ1v) is 8.02. The van der Waals surface area contributed by atoms with Crippen LogP contribution in [-0.2, 0) is 11.2 Å². The summed E-state index contributed by atoms with van der Waals surface area (Å²) in [5.41, 5.74) is 1.54. The average Bonchev–Trinajstić information content (AvgIpc) is 3.04. The standard InChI is InChI=1S/C16H15N5OS/c1-11(13-5-2-3-6-17-13)20-14(22)9-12-10-23-16(21-12)15-18-7-4-8-19-15/h2-8,10-11H,9H2,1H3,(H,20,22)/t11-/m0/s1. The van der Waals surface area contributed by atoms with Gasteiger partial charge in [0.05, 0.1) is 23.9 Å². The van der Waals surface area contributed by atoms with Gasteiger partial charge in [0.25, 0.3) is 0 Å². The maximum absolute atomic E-state index is 12.1. The highest BCUT2D eigenvalue weighted by Gasteiger charge is 2.13. The van der Waals surface area contributed by atoms with Gasteiger partial charge in [-0.05, 0) is 25.1 Å². The highest BCUT2D eigenvalue weighted by molar-refractivity contribution is 7.13. The molecular weight excluding hydrogens is 310 g/mol. The van der Waals surface area contributed by atoms with Gasteiger partial charge in [0, 0.05) is 24.0 Å². The summed E-state index contributed by atoms with van der Waals surface area (Å²) in [6.45, 7) is 1.91. The molecule has 0 aliphatic heterocycles. The number of hydrogen-bond donors (Lipinski definition) is 1. The van der Waals surface area contributed by atoms with Crippen LogP contribution in [0.4, 0.5) is 0 Å². The second-order valence-corrected chi connectivity index (χ2v) is 5.80. The molecular formula is C16H15N5OS. The zero-order chi connectivity index (χ0) is 16.1. The smallest absolute Gasteiger partial charge is 0.226 e. The highest BCUT2D eigenvalue weighted by atomic mass is 32.1. The van der Waals surface area contributed by atoms with E-state index in [4.69, 9.17) is 0 Å². The second kappa shape index (κ2) is 7.06. The van der Waals surface area contributed by atoms with Crippen LogP contribution in [0.3, 0.4) is 0 Å². The topological polar surface area (TPSA) is 80.7 Å². The van der Waals surface area contributed by atoms with Crippen molar-refractivity contribution in [1.29, 1.82) is 0 Å². The number of carbonyl (C=O) groups is 1. The Hall–Kier alpha value is -2.67. The third-order valence-electron chi connectivity index (χ3n) is 3.16. The van der Waals surface area contributed by atoms with Crippen molar-refractivity contribution in [1.82, 2.24) is 25.3 Å². The lowest BCUT2D eigenvalue weighted by Crippen LogP contribution is -2.28. The molecule has 116 valence electrons. The van der Waals surface area contributed by atoms with Gasteiger partial charge in [-0.2, -0.15) is 0 Å². The van der Waals surface area contributed by atoms with Crippen molar-refractivity contribution in [2.75, 3.05) is 0 Å². The minimum absolute atomic E-state index is 0.0889. The number of amides is 1. The Morgan fingerprint density at radius 2 is 1.96 bits per heavy atom. The lowest BCUT2D eigenvalue weighted by Gasteiger charge is -2.12. The van der Waals surface area contributed by atoms with Gasteiger partial charge >= 0.3 is 0 Å². The number of carbonyl (C=O) groups excluding carboxylic acids is 1. The third kappa shape index (κ3) is 3.95. The molecule has 1 N–H and O–H groups in total. The van der Waals surface area contributed by atoms with Crippen LogP contribution in [0.1, 0.15) is 24.4 Å². The van der Waals surface area contributed by atoms with Gasteiger partial charge in [-0.3, -0.25) is 9.78 Å². The van der Waals surface area contributed by atoms with E-state index in [1.54, 1.807) is 24.7 Å². The SMILES string of the molecule is C[C@H](NC(=O)Cc1csc(-c2ncccn2)n1)c1ccccn1. The van der Waals surface area contributed by atoms with Crippen LogP contribution < -0.4 is 5.32 Å². The summed E-state index contributed by atoms with van der Waals surface area (Å²) in [5, 5.41) is 5.50. The molecule has 0 aliphatic carbocycles. The molecule has 0 fully saturated rings. The number of aromatic nitrogens is 4. The Balaban J connectivity index is 1.61. The molecule has 1 atom stereocenters. The van der Waals surface area contributed by atoms with Crippen molar-refractivity contribution >= 4 is 17.2 Å². The average molecular weight is 325 g/mol. The number of hydrogen-bond acceptors (Lipinski definition) is 6. The minimum Gasteiger partial charge on any atom is -0.348 e. The number of pyridine rings is 1. The van der Waals surface area contributed by atoms with Gasteiger partial charge in [-0.25, -0.2) is 15.0 Å². The van der Waals surface area contributed by atoms with Crippen LogP contribution >= 0.6 is 11.3 Å². The fraction of sp³-hybridized carbons (Fsp3) is 0.188. The zero-order valence-corrected chi connectivity index (χ0v) is 13.3. The Bertz CT molecular complexity index is 775. The van der Waals surface area contributed by atoms with Crippen molar-refractivity contribution < 1.29 is 4.79 Å². The van der Waals surface area contributed by atoms with E-state index in [1.807, 2.05) is 30.5 Å². The first-order chi connectivity index (χ1) is 11.2. The van der Waals surface area contributed by atoms with E-state index in [-0.39, 0.29) is 18.4 Å². The summed E-state index contributed by atoms with van der Waals surface area (Å²) in [6, 6.07) is 7.25. The van der Waals surface area contributed by atoms with Gasteiger partial charge in [-0.15, -0.1) is 11.3 Å². The molecule has 3 heterocycles. The summed E-state index contributed by atoms with van der Waals surface area (Å²) in [4.78, 5) is 29.1. The van der Waals surface area contributed by atoms with Gasteiger partial charge in [0.15, 0.2) is 10.8 Å². The zero-order valence-electron chi connectivity index (χ0n) is 12.5. The molecule has 23 heavy (non-hydrogen) atoms. The van der Waals surface area contributed by atoms with Crippen molar-refractivity contribution in [3.8, 4) is 10.8 Å². The maximum Gasteiger partial charge on any atom is 0.226 e. The third-order valence-corrected chi connectivity index (χ3v) is 4.05. The summed E-state index contributed by atoms with van der Waals surface area (Å²) < 4.78 is 0. The molecule has 0 aliphatic rings. The molecule has 3 aromatic rings. The van der Waals surface area contributed by atoms with E-state index in [1.165, 1.54) is 11.3 Å². The second-order valence-electron chi connectivity index (χ2n) is 4.94. The molecule has 0 unspecified atom stereocenters. The first-order valence-electron chi connectivity index (χ1n) is 7.14. The van der Waals surface area contributed by atoms with Crippen molar-refractivity contribution in [2.24, 2.45) is 0 Å². The normalized spacial score (nSPS) is 11.9. The van der Waals surface area contributed by atoms with Crippen LogP contribution in [0.25, 0.3) is 10.8 Å². The molecule has 3 aromatic heterocycles. The number of nitrogens with zero attached hydrogens (tertiary/aromatic N) is 4. The van der Waals surface area contributed by atoms with Crippen LogP contribution in [0.15, 0.2) is 48.2 Å². The lowest BCUT2D eigenvalue weighted by molar-refractivity contribution is -0.121. The fourth-order valence-electron chi connectivity index (χ4n) is 2.06. The van der Waals surface area contributed by atoms with E-state index in [9.17, 15) is 4.79 Å². The highest BCUT2D eigenvalue weighted by Crippen LogP contribution is 2.20. The molecule has 0 saturated carbocycles. The molecule has 0 radical (unpaired) electrons. The number of nitrogens with one attached hydrogen (secondary N) is 1. The van der Waals surface area contributed by atoms with Crippen LogP contribution in [0.5, 0.6) is 0 Å². The van der Waals surface area contributed by atoms with Gasteiger partial charge < -0.3 is 5.32 Å². The van der Waals surface area contributed by atoms with Crippen molar-refractivity contribution in [3.05, 3.63) is 59.6 Å². The van der Waals surface area contributed by atoms with Crippen LogP contribution in [0, 0.1) is 0 Å². The molecule has 3 rings (SSSR count). The van der Waals surface area contributed by atoms with Crippen molar-refractivity contribution in [3.63, 3.8) is 0 Å². The Morgan fingerprint density at radius 1 is 1.17 bits per heavy atom. The Morgan fingerprint density at radius 3 is 2.70 bits per heavy atom. The monoisotopic (exact) mass is 325 g/mol. The molecule has 0 spiro atoms.